The Hall–Kier alpha value is -2.97. The molecule has 1 aromatic carbocycles. The molecule has 0 amide bonds. The van der Waals surface area contributed by atoms with Gasteiger partial charge in [0.05, 0.1) is 49.4 Å². The molecule has 2 unspecified atom stereocenters. The molecule has 0 saturated carbocycles. The van der Waals surface area contributed by atoms with Gasteiger partial charge in [0.25, 0.3) is 0 Å². The lowest BCUT2D eigenvalue weighted by Gasteiger charge is -2.38. The first kappa shape index (κ1) is 21.9. The number of rotatable bonds is 4. The smallest absolute Gasteiger partial charge is 0.193 e. The zero-order chi connectivity index (χ0) is 23.3. The first-order valence-electron chi connectivity index (χ1n) is 11.3. The van der Waals surface area contributed by atoms with E-state index in [1.54, 1.807) is 12.3 Å². The van der Waals surface area contributed by atoms with Gasteiger partial charge in [-0.25, -0.2) is 0 Å². The average Bonchev–Trinajstić information content (AvgIpc) is 3.16. The molecule has 0 aliphatic carbocycles. The number of fused-ring (bicyclic) bond motifs is 5. The molecule has 4 heterocycles. The number of carbonyl (C=O) groups excluding carboxylic acids is 1. The molecule has 1 fully saturated rings. The molecule has 0 N–H and O–H groups in total. The Morgan fingerprint density at radius 3 is 2.79 bits per heavy atom. The lowest BCUT2D eigenvalue weighted by Crippen LogP contribution is -2.35. The first-order chi connectivity index (χ1) is 15.7. The standard InChI is InChI=1S/C25H29N3O5/c1-15(29)18-11-27-19(10-20(18)30)24-17-6-5-7-21(33-14-16-13-31-8-9-32-16)23(17)26-28(24)12-22(27)25(2,3)4/h5-7,10-11,16,22H,8-9,12-14H2,1-4H3. The van der Waals surface area contributed by atoms with Gasteiger partial charge in [0.15, 0.2) is 11.2 Å². The van der Waals surface area contributed by atoms with E-state index in [0.29, 0.717) is 38.7 Å². The molecule has 2 aliphatic heterocycles. The van der Waals surface area contributed by atoms with Gasteiger partial charge < -0.3 is 18.8 Å². The van der Waals surface area contributed by atoms with E-state index in [-0.39, 0.29) is 34.3 Å². The number of aromatic nitrogens is 3. The van der Waals surface area contributed by atoms with Gasteiger partial charge in [0.2, 0.25) is 0 Å². The minimum atomic E-state index is -0.272. The van der Waals surface area contributed by atoms with Crippen LogP contribution in [0.4, 0.5) is 0 Å². The molecule has 0 radical (unpaired) electrons. The molecule has 33 heavy (non-hydrogen) atoms. The summed E-state index contributed by atoms with van der Waals surface area (Å²) >= 11 is 0. The maximum absolute atomic E-state index is 12.8. The Bertz CT molecular complexity index is 1280. The van der Waals surface area contributed by atoms with E-state index in [1.165, 1.54) is 6.92 Å². The number of nitrogens with zero attached hydrogens (tertiary/aromatic N) is 3. The third-order valence-electron chi connectivity index (χ3n) is 6.43. The molecule has 8 heteroatoms. The number of benzene rings is 1. The summed E-state index contributed by atoms with van der Waals surface area (Å²) in [5, 5.41) is 5.81. The third kappa shape index (κ3) is 3.87. The summed E-state index contributed by atoms with van der Waals surface area (Å²) in [5.41, 5.74) is 2.19. The Morgan fingerprint density at radius 2 is 2.09 bits per heavy atom. The maximum Gasteiger partial charge on any atom is 0.193 e. The first-order valence-corrected chi connectivity index (χ1v) is 11.3. The van der Waals surface area contributed by atoms with Crippen LogP contribution in [0, 0.1) is 5.41 Å². The van der Waals surface area contributed by atoms with Gasteiger partial charge in [0.1, 0.15) is 24.0 Å². The highest BCUT2D eigenvalue weighted by molar-refractivity contribution is 5.97. The molecular formula is C25H29N3O5. The highest BCUT2D eigenvalue weighted by Crippen LogP contribution is 2.43. The van der Waals surface area contributed by atoms with E-state index >= 15 is 0 Å². The molecule has 5 rings (SSSR count). The summed E-state index contributed by atoms with van der Waals surface area (Å²) in [6.07, 6.45) is 1.61. The molecule has 2 aliphatic rings. The van der Waals surface area contributed by atoms with Crippen molar-refractivity contribution in [3.8, 4) is 17.1 Å². The van der Waals surface area contributed by atoms with Crippen LogP contribution in [0.5, 0.6) is 5.75 Å². The van der Waals surface area contributed by atoms with Gasteiger partial charge >= 0.3 is 0 Å². The highest BCUT2D eigenvalue weighted by Gasteiger charge is 2.35. The van der Waals surface area contributed by atoms with Crippen molar-refractivity contribution in [2.45, 2.75) is 46.4 Å². The van der Waals surface area contributed by atoms with Crippen LogP contribution in [0.2, 0.25) is 0 Å². The van der Waals surface area contributed by atoms with Crippen LogP contribution >= 0.6 is 0 Å². The molecular weight excluding hydrogens is 422 g/mol. The summed E-state index contributed by atoms with van der Waals surface area (Å²) in [5.74, 6) is 0.446. The summed E-state index contributed by atoms with van der Waals surface area (Å²) in [6.45, 7) is 10.6. The average molecular weight is 452 g/mol. The topological polar surface area (TPSA) is 84.6 Å². The Balaban J connectivity index is 1.62. The number of ketones is 1. The monoisotopic (exact) mass is 451 g/mol. The second-order valence-electron chi connectivity index (χ2n) is 9.84. The van der Waals surface area contributed by atoms with Crippen LogP contribution in [0.1, 0.15) is 44.1 Å². The molecule has 1 saturated heterocycles. The van der Waals surface area contributed by atoms with E-state index < -0.39 is 0 Å². The summed E-state index contributed by atoms with van der Waals surface area (Å²) in [7, 11) is 0. The fourth-order valence-corrected chi connectivity index (χ4v) is 4.67. The van der Waals surface area contributed by atoms with Crippen LogP contribution < -0.4 is 10.2 Å². The SMILES string of the molecule is CC(=O)c1cn2c(cc1=O)-c1c3cccc(OCC4COCCO4)c3nn1CC2C(C)(C)C. The molecule has 3 aromatic rings. The fourth-order valence-electron chi connectivity index (χ4n) is 4.67. The number of Topliss-reactive ketones (excluding diaryl/α,β-unsaturated/α-hetero) is 1. The van der Waals surface area contributed by atoms with Crippen molar-refractivity contribution in [2.75, 3.05) is 26.4 Å². The Morgan fingerprint density at radius 1 is 1.27 bits per heavy atom. The van der Waals surface area contributed by atoms with Crippen molar-refractivity contribution in [3.05, 3.63) is 46.2 Å². The largest absolute Gasteiger partial charge is 0.488 e. The van der Waals surface area contributed by atoms with Gasteiger partial charge in [-0.05, 0) is 18.4 Å². The van der Waals surface area contributed by atoms with Crippen molar-refractivity contribution in [1.82, 2.24) is 14.3 Å². The second kappa shape index (κ2) is 8.11. The van der Waals surface area contributed by atoms with Crippen molar-refractivity contribution in [2.24, 2.45) is 5.41 Å². The minimum absolute atomic E-state index is 0.0187. The number of hydrogen-bond acceptors (Lipinski definition) is 6. The predicted octanol–water partition coefficient (Wildman–Crippen LogP) is 3.46. The number of carbonyl (C=O) groups is 1. The van der Waals surface area contributed by atoms with Crippen molar-refractivity contribution >= 4 is 16.7 Å². The minimum Gasteiger partial charge on any atom is -0.488 e. The highest BCUT2D eigenvalue weighted by atomic mass is 16.6. The van der Waals surface area contributed by atoms with E-state index in [2.05, 4.69) is 25.3 Å². The van der Waals surface area contributed by atoms with E-state index in [1.807, 2.05) is 22.9 Å². The molecule has 2 aromatic heterocycles. The van der Waals surface area contributed by atoms with E-state index in [9.17, 15) is 9.59 Å². The molecule has 2 atom stereocenters. The zero-order valence-corrected chi connectivity index (χ0v) is 19.5. The van der Waals surface area contributed by atoms with Gasteiger partial charge in [-0.3, -0.25) is 14.3 Å². The van der Waals surface area contributed by atoms with Crippen LogP contribution in [0.25, 0.3) is 22.3 Å². The number of ether oxygens (including phenoxy) is 3. The van der Waals surface area contributed by atoms with Crippen LogP contribution in [-0.4, -0.2) is 52.7 Å². The predicted molar refractivity (Wildman–Crippen MR) is 124 cm³/mol. The van der Waals surface area contributed by atoms with E-state index in [0.717, 1.165) is 22.3 Å². The van der Waals surface area contributed by atoms with Gasteiger partial charge in [-0.2, -0.15) is 5.10 Å². The summed E-state index contributed by atoms with van der Waals surface area (Å²) in [4.78, 5) is 24.9. The quantitative estimate of drug-likeness (QED) is 0.565. The fraction of sp³-hybridized carbons (Fsp3) is 0.480. The van der Waals surface area contributed by atoms with Gasteiger partial charge in [-0.15, -0.1) is 0 Å². The number of hydrogen-bond donors (Lipinski definition) is 0. The molecule has 8 nitrogen and oxygen atoms in total. The zero-order valence-electron chi connectivity index (χ0n) is 19.5. The van der Waals surface area contributed by atoms with Crippen LogP contribution in [0.15, 0.2) is 35.3 Å². The molecule has 0 spiro atoms. The maximum atomic E-state index is 12.8. The van der Waals surface area contributed by atoms with Crippen molar-refractivity contribution < 1.29 is 19.0 Å². The third-order valence-corrected chi connectivity index (χ3v) is 6.43. The van der Waals surface area contributed by atoms with Crippen LogP contribution in [0.3, 0.4) is 0 Å². The van der Waals surface area contributed by atoms with Crippen LogP contribution in [-0.2, 0) is 16.0 Å². The second-order valence-corrected chi connectivity index (χ2v) is 9.84. The number of pyridine rings is 1. The van der Waals surface area contributed by atoms with Gasteiger partial charge in [-0.1, -0.05) is 32.9 Å². The van der Waals surface area contributed by atoms with Crippen molar-refractivity contribution in [1.29, 1.82) is 0 Å². The summed E-state index contributed by atoms with van der Waals surface area (Å²) < 4.78 is 21.3. The van der Waals surface area contributed by atoms with Crippen molar-refractivity contribution in [3.63, 3.8) is 0 Å². The van der Waals surface area contributed by atoms with E-state index in [4.69, 9.17) is 19.3 Å². The van der Waals surface area contributed by atoms with Gasteiger partial charge in [0, 0.05) is 17.6 Å². The Kier molecular flexibility index (Phi) is 5.37. The normalized spacial score (nSPS) is 20.4. The summed E-state index contributed by atoms with van der Waals surface area (Å²) in [6, 6.07) is 7.42. The molecule has 174 valence electrons. The molecule has 0 bridgehead atoms. The Labute approximate surface area is 192 Å². The lowest BCUT2D eigenvalue weighted by molar-refractivity contribution is -0.101. The lowest BCUT2D eigenvalue weighted by atomic mass is 9.84.